The summed E-state index contributed by atoms with van der Waals surface area (Å²) in [5.74, 6) is 0.776. The number of nitrogens with zero attached hydrogens (tertiary/aromatic N) is 3. The molecule has 0 saturated heterocycles. The topological polar surface area (TPSA) is 56.5 Å². The minimum atomic E-state index is -0.166. The average Bonchev–Trinajstić information content (AvgIpc) is 2.97. The summed E-state index contributed by atoms with van der Waals surface area (Å²) in [7, 11) is 0. The van der Waals surface area contributed by atoms with Gasteiger partial charge in [-0.15, -0.1) is 0 Å². The van der Waals surface area contributed by atoms with E-state index >= 15 is 0 Å². The lowest BCUT2D eigenvalue weighted by atomic mass is 10.2. The molecule has 0 atom stereocenters. The summed E-state index contributed by atoms with van der Waals surface area (Å²) in [6, 6.07) is 9.43. The molecule has 0 aliphatic rings. The van der Waals surface area contributed by atoms with E-state index in [9.17, 15) is 4.79 Å². The molecule has 0 unspecified atom stereocenters. The minimum absolute atomic E-state index is 0.166. The summed E-state index contributed by atoms with van der Waals surface area (Å²) in [6.45, 7) is 4.39. The van der Waals surface area contributed by atoms with Crippen molar-refractivity contribution in [3.8, 4) is 5.75 Å². The molecule has 3 aromatic rings. The van der Waals surface area contributed by atoms with E-state index in [1.165, 1.54) is 27.5 Å². The Morgan fingerprint density at radius 2 is 1.95 bits per heavy atom. The maximum absolute atomic E-state index is 12.0. The summed E-state index contributed by atoms with van der Waals surface area (Å²) in [5, 5.41) is 5.13. The fourth-order valence-electron chi connectivity index (χ4n) is 2.09. The summed E-state index contributed by atoms with van der Waals surface area (Å²) < 4.78 is 7.05. The third kappa shape index (κ3) is 3.01. The molecule has 0 aliphatic carbocycles. The van der Waals surface area contributed by atoms with E-state index in [1.807, 2.05) is 31.2 Å². The zero-order valence-electron chi connectivity index (χ0n) is 12.6. The van der Waals surface area contributed by atoms with Crippen molar-refractivity contribution in [1.82, 2.24) is 14.6 Å². The predicted molar refractivity (Wildman–Crippen MR) is 86.7 cm³/mol. The van der Waals surface area contributed by atoms with Crippen LogP contribution < -0.4 is 10.3 Å². The second-order valence-electron chi connectivity index (χ2n) is 4.92. The molecule has 0 saturated carbocycles. The van der Waals surface area contributed by atoms with E-state index < -0.39 is 0 Å². The van der Waals surface area contributed by atoms with Crippen LogP contribution in [0.5, 0.6) is 5.75 Å². The van der Waals surface area contributed by atoms with Gasteiger partial charge in [0, 0.05) is 6.07 Å². The van der Waals surface area contributed by atoms with Crippen molar-refractivity contribution in [3.05, 3.63) is 57.0 Å². The standard InChI is InChI=1S/C16H17N3O2S/c1-3-11-5-7-13(8-6-11)21-10-12-9-15(20)19-16(17-12)22-14(4-2)18-19/h5-9H,3-4,10H2,1-2H3. The number of hydrogen-bond acceptors (Lipinski definition) is 5. The van der Waals surface area contributed by atoms with Gasteiger partial charge in [-0.05, 0) is 30.5 Å². The molecule has 1 aromatic carbocycles. The van der Waals surface area contributed by atoms with Gasteiger partial charge in [0.2, 0.25) is 4.96 Å². The summed E-state index contributed by atoms with van der Waals surface area (Å²) >= 11 is 1.44. The Hall–Kier alpha value is -2.21. The normalized spacial score (nSPS) is 11.0. The minimum Gasteiger partial charge on any atom is -0.487 e. The molecule has 3 rings (SSSR count). The zero-order valence-corrected chi connectivity index (χ0v) is 13.4. The lowest BCUT2D eigenvalue weighted by molar-refractivity contribution is 0.301. The van der Waals surface area contributed by atoms with Crippen molar-refractivity contribution >= 4 is 16.3 Å². The van der Waals surface area contributed by atoms with Crippen molar-refractivity contribution < 1.29 is 4.74 Å². The van der Waals surface area contributed by atoms with Gasteiger partial charge >= 0.3 is 0 Å². The predicted octanol–water partition coefficient (Wildman–Crippen LogP) is 2.85. The molecule has 0 aliphatic heterocycles. The van der Waals surface area contributed by atoms with Crippen molar-refractivity contribution in [1.29, 1.82) is 0 Å². The quantitative estimate of drug-likeness (QED) is 0.726. The number of ether oxygens (including phenoxy) is 1. The van der Waals surface area contributed by atoms with Crippen LogP contribution in [0.25, 0.3) is 4.96 Å². The number of hydrogen-bond donors (Lipinski definition) is 0. The molecular formula is C16H17N3O2S. The molecular weight excluding hydrogens is 298 g/mol. The van der Waals surface area contributed by atoms with Gasteiger partial charge in [-0.3, -0.25) is 4.79 Å². The van der Waals surface area contributed by atoms with Gasteiger partial charge in [0.25, 0.3) is 5.56 Å². The molecule has 6 heteroatoms. The first-order valence-corrected chi connectivity index (χ1v) is 8.11. The van der Waals surface area contributed by atoms with E-state index in [1.54, 1.807) is 0 Å². The third-order valence-corrected chi connectivity index (χ3v) is 4.41. The molecule has 22 heavy (non-hydrogen) atoms. The number of rotatable bonds is 5. The summed E-state index contributed by atoms with van der Waals surface area (Å²) in [6.07, 6.45) is 1.80. The first-order chi connectivity index (χ1) is 10.7. The smallest absolute Gasteiger partial charge is 0.275 e. The lowest BCUT2D eigenvalue weighted by Crippen LogP contribution is -2.16. The van der Waals surface area contributed by atoms with Crippen molar-refractivity contribution in [2.75, 3.05) is 0 Å². The fraction of sp³-hybridized carbons (Fsp3) is 0.312. The number of fused-ring (bicyclic) bond motifs is 1. The molecule has 5 nitrogen and oxygen atoms in total. The van der Waals surface area contributed by atoms with Gasteiger partial charge < -0.3 is 4.74 Å². The van der Waals surface area contributed by atoms with E-state index in [0.717, 1.165) is 23.6 Å². The van der Waals surface area contributed by atoms with Crippen LogP contribution in [0.4, 0.5) is 0 Å². The Kier molecular flexibility index (Phi) is 4.20. The van der Waals surface area contributed by atoms with Gasteiger partial charge in [-0.1, -0.05) is 37.3 Å². The second kappa shape index (κ2) is 6.27. The van der Waals surface area contributed by atoms with Gasteiger partial charge in [-0.2, -0.15) is 9.61 Å². The molecule has 0 fully saturated rings. The Morgan fingerprint density at radius 3 is 2.64 bits per heavy atom. The van der Waals surface area contributed by atoms with Gasteiger partial charge in [0.1, 0.15) is 17.4 Å². The van der Waals surface area contributed by atoms with Crippen LogP contribution in [0.15, 0.2) is 35.1 Å². The summed E-state index contributed by atoms with van der Waals surface area (Å²) in [5.41, 5.74) is 1.72. The van der Waals surface area contributed by atoms with Crippen molar-refractivity contribution in [3.63, 3.8) is 0 Å². The maximum atomic E-state index is 12.0. The van der Waals surface area contributed by atoms with E-state index in [0.29, 0.717) is 10.7 Å². The monoisotopic (exact) mass is 315 g/mol. The third-order valence-electron chi connectivity index (χ3n) is 3.36. The van der Waals surface area contributed by atoms with Crippen LogP contribution in [0.2, 0.25) is 0 Å². The molecule has 2 heterocycles. The second-order valence-corrected chi connectivity index (χ2v) is 5.96. The lowest BCUT2D eigenvalue weighted by Gasteiger charge is -2.06. The van der Waals surface area contributed by atoms with E-state index in [2.05, 4.69) is 17.0 Å². The van der Waals surface area contributed by atoms with Crippen molar-refractivity contribution in [2.24, 2.45) is 0 Å². The number of aryl methyl sites for hydroxylation is 2. The highest BCUT2D eigenvalue weighted by molar-refractivity contribution is 7.16. The highest BCUT2D eigenvalue weighted by atomic mass is 32.1. The Labute approximate surface area is 132 Å². The molecule has 0 radical (unpaired) electrons. The maximum Gasteiger partial charge on any atom is 0.275 e. The van der Waals surface area contributed by atoms with Gasteiger partial charge in [0.05, 0.1) is 5.69 Å². The Morgan fingerprint density at radius 1 is 1.18 bits per heavy atom. The molecule has 0 spiro atoms. The first-order valence-electron chi connectivity index (χ1n) is 7.30. The number of aromatic nitrogens is 3. The SMILES string of the molecule is CCc1ccc(OCc2cc(=O)n3nc(CC)sc3n2)cc1. The molecule has 2 aromatic heterocycles. The van der Waals surface area contributed by atoms with Crippen molar-refractivity contribution in [2.45, 2.75) is 33.3 Å². The summed E-state index contributed by atoms with van der Waals surface area (Å²) in [4.78, 5) is 17.1. The fourth-order valence-corrected chi connectivity index (χ4v) is 2.95. The van der Waals surface area contributed by atoms with Crippen LogP contribution in [0.3, 0.4) is 0 Å². The Balaban J connectivity index is 1.79. The molecule has 0 amide bonds. The van der Waals surface area contributed by atoms with Crippen LogP contribution in [-0.2, 0) is 19.4 Å². The number of benzene rings is 1. The molecule has 0 bridgehead atoms. The van der Waals surface area contributed by atoms with E-state index in [-0.39, 0.29) is 12.2 Å². The van der Waals surface area contributed by atoms with Crippen LogP contribution in [0.1, 0.15) is 30.1 Å². The highest BCUT2D eigenvalue weighted by Gasteiger charge is 2.08. The Bertz CT molecular complexity index is 837. The van der Waals surface area contributed by atoms with Crippen LogP contribution in [-0.4, -0.2) is 14.6 Å². The average molecular weight is 315 g/mol. The zero-order chi connectivity index (χ0) is 15.5. The van der Waals surface area contributed by atoms with Gasteiger partial charge in [0.15, 0.2) is 0 Å². The first kappa shape index (κ1) is 14.7. The molecule has 114 valence electrons. The van der Waals surface area contributed by atoms with Gasteiger partial charge in [-0.25, -0.2) is 4.98 Å². The van der Waals surface area contributed by atoms with Crippen LogP contribution in [0, 0.1) is 0 Å². The highest BCUT2D eigenvalue weighted by Crippen LogP contribution is 2.15. The van der Waals surface area contributed by atoms with Crippen LogP contribution >= 0.6 is 11.3 Å². The largest absolute Gasteiger partial charge is 0.487 e. The van der Waals surface area contributed by atoms with E-state index in [4.69, 9.17) is 4.74 Å². The molecule has 0 N–H and O–H groups in total.